The number of carbonyl (C=O) groups is 3. The van der Waals surface area contributed by atoms with Gasteiger partial charge in [-0.3, -0.25) is 47.7 Å². The number of hydrogen-bond acceptors (Lipinski definition) is 18. The Balaban J connectivity index is 0.971. The normalized spacial score (nSPS) is 19.8. The highest BCUT2D eigenvalue weighted by Crippen LogP contribution is 2.55. The highest BCUT2D eigenvalue weighted by atomic mass is 35.5. The fourth-order valence-electron chi connectivity index (χ4n) is 10.5. The van der Waals surface area contributed by atoms with E-state index in [-0.39, 0.29) is 47.3 Å². The van der Waals surface area contributed by atoms with Crippen molar-refractivity contribution in [3.05, 3.63) is 236 Å². The number of fused-ring (bicyclic) bond motifs is 1. The number of ether oxygens (including phenoxy) is 5. The van der Waals surface area contributed by atoms with E-state index in [0.29, 0.717) is 38.8 Å². The molecule has 0 spiro atoms. The van der Waals surface area contributed by atoms with Crippen LogP contribution in [-0.2, 0) is 38.2 Å². The van der Waals surface area contributed by atoms with Gasteiger partial charge in [0.25, 0.3) is 11.5 Å². The molecule has 9 aromatic rings. The number of nitrogens with zero attached hydrogens (tertiary/aromatic N) is 5. The first-order valence-electron chi connectivity index (χ1n) is 28.2. The summed E-state index contributed by atoms with van der Waals surface area (Å²) in [5.74, 6) is -1.32. The molecule has 2 fully saturated rings. The number of carbonyl (C=O) groups excluding carboxylic acids is 3. The van der Waals surface area contributed by atoms with Crippen molar-refractivity contribution in [2.75, 3.05) is 38.1 Å². The highest BCUT2D eigenvalue weighted by molar-refractivity contribution is 7.49. The fourth-order valence-corrected chi connectivity index (χ4v) is 12.1. The number of hydrogen-bond donors (Lipinski definition) is 4. The number of benzene rings is 6. The molecule has 0 saturated carbocycles. The lowest BCUT2D eigenvalue weighted by molar-refractivity contribution is -0.118. The molecule has 0 aliphatic carbocycles. The van der Waals surface area contributed by atoms with Gasteiger partial charge in [-0.2, -0.15) is 9.97 Å². The standard InChI is InChI=1S/C64H60ClN8O15P/c1-39(2)58(75)70-61-69-57-55(60(77)71-61)66-38-73(57)54-35-63(79,56(74)40-14-8-5-9-15-40)51(86-54)37-84-89(80,87-48-30-24-45(65)25-31-48)88-49-34-53(72-33-32-52(68-62(72)78)67-59(76)41-16-10-6-11-17-41)85-50(49)36-83-64(42-18-12-7-13-19-42,43-20-26-46(81-3)27-21-43)44-22-28-47(82-4)29-23-44/h5-33,38-39,49-51,53-54,79H,34-37H2,1-4H3,(H,67,68,76,78)(H2,69,70,71,75,77)/t49-,50+,51+,53+,54+,63-,89?/m0/s1. The van der Waals surface area contributed by atoms with Crippen molar-refractivity contribution in [3.8, 4) is 17.2 Å². The number of phosphoric ester groups is 1. The predicted octanol–water partition coefficient (Wildman–Crippen LogP) is 9.68. The molecule has 1 unspecified atom stereocenters. The first kappa shape index (κ1) is 61.5. The molecule has 2 saturated heterocycles. The second kappa shape index (κ2) is 26.3. The third-order valence-electron chi connectivity index (χ3n) is 15.2. The zero-order valence-electron chi connectivity index (χ0n) is 48.3. The van der Waals surface area contributed by atoms with Gasteiger partial charge in [-0.05, 0) is 83.4 Å². The molecule has 89 heavy (non-hydrogen) atoms. The number of aromatic amines is 1. The van der Waals surface area contributed by atoms with Crippen LogP contribution in [0, 0.1) is 5.92 Å². The minimum absolute atomic E-state index is 0.0419. The second-order valence-corrected chi connectivity index (χ2v) is 23.2. The van der Waals surface area contributed by atoms with Gasteiger partial charge in [0.15, 0.2) is 22.5 Å². The molecule has 0 bridgehead atoms. The van der Waals surface area contributed by atoms with E-state index in [9.17, 15) is 29.1 Å². The number of amides is 2. The number of anilines is 2. The molecule has 4 N–H and O–H groups in total. The lowest BCUT2D eigenvalue weighted by Crippen LogP contribution is -2.48. The molecule has 2 aliphatic heterocycles. The van der Waals surface area contributed by atoms with Crippen LogP contribution >= 0.6 is 19.4 Å². The minimum atomic E-state index is -5.12. The monoisotopic (exact) mass is 1250 g/mol. The van der Waals surface area contributed by atoms with E-state index < -0.39 is 97.6 Å². The van der Waals surface area contributed by atoms with Crippen LogP contribution in [0.3, 0.4) is 0 Å². The third-order valence-corrected chi connectivity index (χ3v) is 16.9. The summed E-state index contributed by atoms with van der Waals surface area (Å²) < 4.78 is 69.4. The molecular formula is C64H60ClN8O15P. The Bertz CT molecular complexity index is 4110. The van der Waals surface area contributed by atoms with Gasteiger partial charge in [0.05, 0.1) is 33.8 Å². The Kier molecular flexibility index (Phi) is 18.2. The Morgan fingerprint density at radius 1 is 0.742 bits per heavy atom. The van der Waals surface area contributed by atoms with Crippen LogP contribution in [0.2, 0.25) is 5.02 Å². The summed E-state index contributed by atoms with van der Waals surface area (Å²) in [6.07, 6.45) is -4.83. The topological polar surface area (TPSA) is 285 Å². The molecule has 25 heteroatoms. The summed E-state index contributed by atoms with van der Waals surface area (Å²) in [5, 5.41) is 18.4. The average Bonchev–Trinajstić information content (AvgIpc) is 1.86. The number of phosphoric acid groups is 1. The lowest BCUT2D eigenvalue weighted by Gasteiger charge is -2.37. The summed E-state index contributed by atoms with van der Waals surface area (Å²) >= 11 is 6.32. The van der Waals surface area contributed by atoms with E-state index in [2.05, 4.69) is 30.6 Å². The maximum absolute atomic E-state index is 16.0. The summed E-state index contributed by atoms with van der Waals surface area (Å²) in [7, 11) is -2.01. The Labute approximate surface area is 514 Å². The molecule has 0 radical (unpaired) electrons. The summed E-state index contributed by atoms with van der Waals surface area (Å²) in [4.78, 5) is 83.5. The summed E-state index contributed by atoms with van der Waals surface area (Å²) in [5.41, 5.74) is -3.18. The number of halogens is 1. The SMILES string of the molecule is COc1ccc(C(OC[C@H]2O[C@@H](n3ccc(NC(=O)c4ccccc4)nc3=O)C[C@@H]2OP(=O)(OC[C@H]2O[C@@H](n3cnc4c(=O)[nH]c(NC(=O)C(C)C)nc43)C[C@@]2(O)C(=O)c2ccccc2)Oc2ccc(Cl)cc2)(c2ccccc2)c2ccc(OC)cc2)cc1. The molecule has 3 aromatic heterocycles. The largest absolute Gasteiger partial charge is 0.530 e. The quantitative estimate of drug-likeness (QED) is 0.0263. The van der Waals surface area contributed by atoms with Crippen LogP contribution in [0.4, 0.5) is 11.8 Å². The van der Waals surface area contributed by atoms with Crippen molar-refractivity contribution in [2.24, 2.45) is 5.92 Å². The van der Waals surface area contributed by atoms with Crippen LogP contribution in [-0.4, -0.2) is 103 Å². The smallest absolute Gasteiger partial charge is 0.497 e. The zero-order valence-corrected chi connectivity index (χ0v) is 50.0. The van der Waals surface area contributed by atoms with Crippen LogP contribution in [0.25, 0.3) is 11.2 Å². The number of H-pyrrole nitrogens is 1. The van der Waals surface area contributed by atoms with E-state index in [1.54, 1.807) is 101 Å². The Morgan fingerprint density at radius 3 is 1.94 bits per heavy atom. The predicted molar refractivity (Wildman–Crippen MR) is 326 cm³/mol. The maximum Gasteiger partial charge on any atom is 0.530 e. The van der Waals surface area contributed by atoms with Gasteiger partial charge in [0.1, 0.15) is 59.4 Å². The molecule has 6 aromatic carbocycles. The maximum atomic E-state index is 16.0. The average molecular weight is 1250 g/mol. The summed E-state index contributed by atoms with van der Waals surface area (Å²) in [6, 6.07) is 47.6. The molecule has 2 aliphatic rings. The van der Waals surface area contributed by atoms with Gasteiger partial charge in [-0.25, -0.2) is 14.3 Å². The van der Waals surface area contributed by atoms with Crippen molar-refractivity contribution in [3.63, 3.8) is 0 Å². The van der Waals surface area contributed by atoms with Gasteiger partial charge < -0.3 is 38.6 Å². The van der Waals surface area contributed by atoms with Crippen molar-refractivity contribution < 1.29 is 61.3 Å². The number of methoxy groups -OCH3 is 2. The highest BCUT2D eigenvalue weighted by Gasteiger charge is 2.55. The molecular weight excluding hydrogens is 1190 g/mol. The first-order valence-corrected chi connectivity index (χ1v) is 30.0. The van der Waals surface area contributed by atoms with Crippen LogP contribution in [0.15, 0.2) is 192 Å². The first-order chi connectivity index (χ1) is 42.9. The van der Waals surface area contributed by atoms with E-state index in [1.165, 1.54) is 64.1 Å². The van der Waals surface area contributed by atoms with Crippen LogP contribution in [0.5, 0.6) is 17.2 Å². The van der Waals surface area contributed by atoms with E-state index >= 15 is 4.57 Å². The number of nitrogens with one attached hydrogen (secondary N) is 3. The van der Waals surface area contributed by atoms with Crippen molar-refractivity contribution in [1.29, 1.82) is 0 Å². The molecule has 11 rings (SSSR count). The number of aliphatic hydroxyl groups is 1. The molecule has 23 nitrogen and oxygen atoms in total. The van der Waals surface area contributed by atoms with Gasteiger partial charge in [0.2, 0.25) is 11.9 Å². The van der Waals surface area contributed by atoms with Crippen LogP contribution < -0.4 is 35.9 Å². The van der Waals surface area contributed by atoms with Crippen LogP contribution in [0.1, 0.15) is 76.6 Å². The van der Waals surface area contributed by atoms with Gasteiger partial charge in [0, 0.05) is 41.1 Å². The van der Waals surface area contributed by atoms with E-state index in [1.807, 2.05) is 54.6 Å². The lowest BCUT2D eigenvalue weighted by atomic mass is 9.80. The van der Waals surface area contributed by atoms with E-state index in [4.69, 9.17) is 48.9 Å². The van der Waals surface area contributed by atoms with Crippen molar-refractivity contribution in [1.82, 2.24) is 29.1 Å². The third kappa shape index (κ3) is 13.2. The second-order valence-electron chi connectivity index (χ2n) is 21.2. The molecule has 7 atom stereocenters. The number of Topliss-reactive ketones (excluding diaryl/α,β-unsaturated/α-hetero) is 1. The number of imidazole rings is 1. The van der Waals surface area contributed by atoms with Crippen molar-refractivity contribution >= 4 is 60.0 Å². The molecule has 5 heterocycles. The fraction of sp³-hybridized carbons (Fsp3) is 0.250. The molecule has 458 valence electrons. The van der Waals surface area contributed by atoms with Crippen molar-refractivity contribution in [2.45, 2.75) is 68.7 Å². The Hall–Kier alpha value is -9.16. The number of rotatable bonds is 23. The number of ketones is 1. The zero-order chi connectivity index (χ0) is 62.5. The molecule has 2 amide bonds. The van der Waals surface area contributed by atoms with Gasteiger partial charge >= 0.3 is 13.5 Å². The summed E-state index contributed by atoms with van der Waals surface area (Å²) in [6.45, 7) is 2.12. The van der Waals surface area contributed by atoms with Gasteiger partial charge in [-0.1, -0.05) is 129 Å². The minimum Gasteiger partial charge on any atom is -0.497 e. The van der Waals surface area contributed by atoms with E-state index in [0.717, 1.165) is 0 Å². The number of aromatic nitrogens is 6. The van der Waals surface area contributed by atoms with Gasteiger partial charge in [-0.15, -0.1) is 0 Å². The Morgan fingerprint density at radius 2 is 1.34 bits per heavy atom.